The van der Waals surface area contributed by atoms with Crippen LogP contribution in [-0.2, 0) is 4.79 Å². The molecule has 3 N–H and O–H groups in total. The molecule has 4 heterocycles. The van der Waals surface area contributed by atoms with Gasteiger partial charge in [-0.05, 0) is 30.9 Å². The van der Waals surface area contributed by atoms with Crippen molar-refractivity contribution in [2.75, 3.05) is 25.5 Å². The van der Waals surface area contributed by atoms with Gasteiger partial charge in [-0.3, -0.25) is 14.7 Å². The fourth-order valence-electron chi connectivity index (χ4n) is 5.78. The molecule has 1 amide bonds. The summed E-state index contributed by atoms with van der Waals surface area (Å²) in [5, 5.41) is 12.6. The molecular formula is C24H28F2N8O. The summed E-state index contributed by atoms with van der Waals surface area (Å²) in [7, 11) is 1.65. The number of nitriles is 1. The van der Waals surface area contributed by atoms with Gasteiger partial charge in [0, 0.05) is 57.3 Å². The average Bonchev–Trinajstić information content (AvgIpc) is 3.38. The predicted octanol–water partition coefficient (Wildman–Crippen LogP) is 2.16. The van der Waals surface area contributed by atoms with Crippen LogP contribution in [-0.4, -0.2) is 75.6 Å². The molecule has 0 aromatic carbocycles. The number of likely N-dealkylation sites (tertiary alicyclic amines) is 1. The number of carbonyl (C=O) groups excluding carboxylic acids is 1. The Kier molecular flexibility index (Phi) is 5.79. The second-order valence-corrected chi connectivity index (χ2v) is 9.77. The van der Waals surface area contributed by atoms with E-state index < -0.39 is 23.3 Å². The molecule has 1 aromatic heterocycles. The summed E-state index contributed by atoms with van der Waals surface area (Å²) in [6.45, 7) is 0.661. The maximum atomic E-state index is 13.4. The number of halogens is 2. The fourth-order valence-corrected chi connectivity index (χ4v) is 5.78. The number of alkyl halides is 2. The Labute approximate surface area is 202 Å². The molecule has 1 aliphatic carbocycles. The monoisotopic (exact) mass is 482 g/mol. The van der Waals surface area contributed by atoms with Gasteiger partial charge < -0.3 is 16.0 Å². The minimum atomic E-state index is -2.87. The third kappa shape index (κ3) is 4.16. The summed E-state index contributed by atoms with van der Waals surface area (Å²) < 4.78 is 26.8. The van der Waals surface area contributed by atoms with Crippen molar-refractivity contribution in [3.8, 4) is 6.07 Å². The van der Waals surface area contributed by atoms with Crippen LogP contribution in [0.2, 0.25) is 0 Å². The van der Waals surface area contributed by atoms with Crippen LogP contribution < -0.4 is 11.1 Å². The lowest BCUT2D eigenvalue weighted by Gasteiger charge is -2.58. The SMILES string of the molecule is CN=CC(=CN)Nc1nccc(C2=CC3CCC(C2)N3C2(CC#N)CN(C(=O)C3CC3(F)F)C2)n1. The van der Waals surface area contributed by atoms with Crippen molar-refractivity contribution < 1.29 is 13.6 Å². The lowest BCUT2D eigenvalue weighted by molar-refractivity contribution is -0.152. The molecule has 184 valence electrons. The number of aromatic nitrogens is 2. The first-order chi connectivity index (χ1) is 16.8. The Bertz CT molecular complexity index is 1150. The highest BCUT2D eigenvalue weighted by atomic mass is 19.3. The van der Waals surface area contributed by atoms with Crippen LogP contribution in [0.25, 0.3) is 5.57 Å². The minimum absolute atomic E-state index is 0.106. The van der Waals surface area contributed by atoms with E-state index in [1.54, 1.807) is 19.5 Å². The number of rotatable bonds is 7. The van der Waals surface area contributed by atoms with E-state index >= 15 is 0 Å². The predicted molar refractivity (Wildman–Crippen MR) is 126 cm³/mol. The number of carbonyl (C=O) groups is 1. The average molecular weight is 483 g/mol. The Morgan fingerprint density at radius 2 is 2.20 bits per heavy atom. The molecule has 1 aromatic rings. The maximum absolute atomic E-state index is 13.4. The zero-order chi connectivity index (χ0) is 24.8. The van der Waals surface area contributed by atoms with Gasteiger partial charge in [-0.25, -0.2) is 18.7 Å². The first kappa shape index (κ1) is 23.4. The quantitative estimate of drug-likeness (QED) is 0.571. The van der Waals surface area contributed by atoms with Crippen molar-refractivity contribution in [1.29, 1.82) is 5.26 Å². The maximum Gasteiger partial charge on any atom is 0.260 e. The number of anilines is 1. The van der Waals surface area contributed by atoms with Gasteiger partial charge in [-0.15, -0.1) is 0 Å². The molecule has 35 heavy (non-hydrogen) atoms. The van der Waals surface area contributed by atoms with E-state index in [0.29, 0.717) is 24.7 Å². The Morgan fingerprint density at radius 1 is 1.43 bits per heavy atom. The summed E-state index contributed by atoms with van der Waals surface area (Å²) >= 11 is 0. The van der Waals surface area contributed by atoms with Crippen molar-refractivity contribution >= 4 is 23.6 Å². The van der Waals surface area contributed by atoms with Crippen LogP contribution >= 0.6 is 0 Å². The van der Waals surface area contributed by atoms with Crippen molar-refractivity contribution in [3.63, 3.8) is 0 Å². The summed E-state index contributed by atoms with van der Waals surface area (Å²) in [4.78, 5) is 29.2. The van der Waals surface area contributed by atoms with Gasteiger partial charge >= 0.3 is 0 Å². The molecule has 3 fully saturated rings. The fraction of sp³-hybridized carbons (Fsp3) is 0.542. The zero-order valence-electron chi connectivity index (χ0n) is 19.5. The van der Waals surface area contributed by atoms with Gasteiger partial charge in [0.2, 0.25) is 11.9 Å². The first-order valence-electron chi connectivity index (χ1n) is 11.8. The number of allylic oxidation sites excluding steroid dienone is 1. The number of nitrogens with zero attached hydrogens (tertiary/aromatic N) is 6. The van der Waals surface area contributed by atoms with Gasteiger partial charge in [0.15, 0.2) is 0 Å². The molecule has 4 aliphatic rings. The molecular weight excluding hydrogens is 454 g/mol. The second kappa shape index (κ2) is 8.68. The molecule has 0 spiro atoms. The number of hydrogen-bond acceptors (Lipinski definition) is 8. The highest BCUT2D eigenvalue weighted by Gasteiger charge is 2.65. The van der Waals surface area contributed by atoms with Crippen LogP contribution in [0.4, 0.5) is 14.7 Å². The van der Waals surface area contributed by atoms with Crippen LogP contribution in [0.15, 0.2) is 35.2 Å². The van der Waals surface area contributed by atoms with Crippen molar-refractivity contribution in [2.24, 2.45) is 16.6 Å². The van der Waals surface area contributed by atoms with E-state index in [2.05, 4.69) is 37.3 Å². The normalized spacial score (nSPS) is 28.9. The molecule has 1 saturated carbocycles. The Hall–Kier alpha value is -3.39. The largest absolute Gasteiger partial charge is 0.403 e. The number of aliphatic imine (C=N–C) groups is 1. The molecule has 0 radical (unpaired) electrons. The third-order valence-corrected chi connectivity index (χ3v) is 7.45. The van der Waals surface area contributed by atoms with Crippen molar-refractivity contribution in [2.45, 2.75) is 55.6 Å². The van der Waals surface area contributed by atoms with Crippen molar-refractivity contribution in [3.05, 3.63) is 35.9 Å². The Morgan fingerprint density at radius 3 is 2.83 bits per heavy atom. The number of fused-ring (bicyclic) bond motifs is 2. The van der Waals surface area contributed by atoms with Gasteiger partial charge in [-0.2, -0.15) is 5.26 Å². The van der Waals surface area contributed by atoms with Crippen LogP contribution in [0.5, 0.6) is 0 Å². The summed E-state index contributed by atoms with van der Waals surface area (Å²) in [6.07, 6.45) is 9.44. The van der Waals surface area contributed by atoms with Gasteiger partial charge in [0.05, 0.1) is 29.4 Å². The summed E-state index contributed by atoms with van der Waals surface area (Å²) in [5.74, 6) is -4.13. The summed E-state index contributed by atoms with van der Waals surface area (Å²) in [6, 6.07) is 4.46. The van der Waals surface area contributed by atoms with Gasteiger partial charge in [-0.1, -0.05) is 6.08 Å². The van der Waals surface area contributed by atoms with E-state index in [1.165, 1.54) is 11.1 Å². The Balaban J connectivity index is 1.33. The number of hydrogen-bond donors (Lipinski definition) is 2. The molecule has 3 atom stereocenters. The third-order valence-electron chi connectivity index (χ3n) is 7.45. The standard InChI is InChI=1S/C24H28F2N8O/c1-29-12-16(11-28)31-22-30-7-4-20(32-22)15-8-17-2-3-18(9-15)34(17)23(5-6-27)13-33(14-23)21(35)19-10-24(19,25)26/h4,7-8,11-12,17-19H,2-3,5,9-10,13-14,28H2,1H3,(H,30,31,32). The smallest absolute Gasteiger partial charge is 0.260 e. The zero-order valence-corrected chi connectivity index (χ0v) is 19.5. The number of amides is 1. The summed E-state index contributed by atoms with van der Waals surface area (Å²) in [5.41, 5.74) is 7.65. The van der Waals surface area contributed by atoms with E-state index in [1.807, 2.05) is 6.07 Å². The molecule has 3 aliphatic heterocycles. The van der Waals surface area contributed by atoms with Crippen LogP contribution in [0.1, 0.15) is 37.8 Å². The van der Waals surface area contributed by atoms with Gasteiger partial charge in [0.1, 0.15) is 5.92 Å². The van der Waals surface area contributed by atoms with Crippen LogP contribution in [0, 0.1) is 17.2 Å². The van der Waals surface area contributed by atoms with Crippen LogP contribution in [0.3, 0.4) is 0 Å². The van der Waals surface area contributed by atoms with E-state index in [4.69, 9.17) is 5.73 Å². The number of nitrogens with one attached hydrogen (secondary N) is 1. The van der Waals surface area contributed by atoms with Gasteiger partial charge in [0.25, 0.3) is 5.92 Å². The molecule has 3 unspecified atom stereocenters. The lowest BCUT2D eigenvalue weighted by Crippen LogP contribution is -2.73. The molecule has 2 saturated heterocycles. The topological polar surface area (TPSA) is 124 Å². The molecule has 11 heteroatoms. The molecule has 2 bridgehead atoms. The lowest BCUT2D eigenvalue weighted by atomic mass is 9.80. The number of nitrogens with two attached hydrogens (primary N) is 1. The van der Waals surface area contributed by atoms with E-state index in [0.717, 1.165) is 30.5 Å². The van der Waals surface area contributed by atoms with E-state index in [9.17, 15) is 18.8 Å². The van der Waals surface area contributed by atoms with E-state index in [-0.39, 0.29) is 24.9 Å². The minimum Gasteiger partial charge on any atom is -0.403 e. The highest BCUT2D eigenvalue weighted by Crippen LogP contribution is 2.52. The second-order valence-electron chi connectivity index (χ2n) is 9.77. The van der Waals surface area contributed by atoms with Crippen molar-refractivity contribution in [1.82, 2.24) is 19.8 Å². The first-order valence-corrected chi connectivity index (χ1v) is 11.8. The molecule has 5 rings (SSSR count). The molecule has 9 nitrogen and oxygen atoms in total. The highest BCUT2D eigenvalue weighted by molar-refractivity contribution is 5.84.